The third-order valence-corrected chi connectivity index (χ3v) is 4.62. The van der Waals surface area contributed by atoms with Gasteiger partial charge in [0.15, 0.2) is 0 Å². The maximum absolute atomic E-state index is 5.39. The van der Waals surface area contributed by atoms with Crippen LogP contribution < -0.4 is 0 Å². The quantitative estimate of drug-likeness (QED) is 0.614. The Labute approximate surface area is 136 Å². The van der Waals surface area contributed by atoms with E-state index in [1.54, 1.807) is 11.8 Å². The van der Waals surface area contributed by atoms with E-state index in [0.29, 0.717) is 6.54 Å². The highest BCUT2D eigenvalue weighted by Crippen LogP contribution is 2.12. The molecule has 0 saturated carbocycles. The van der Waals surface area contributed by atoms with Gasteiger partial charge in [0, 0.05) is 25.8 Å². The number of pyridine rings is 1. The zero-order chi connectivity index (χ0) is 15.1. The summed E-state index contributed by atoms with van der Waals surface area (Å²) in [6.45, 7) is 7.05. The maximum Gasteiger partial charge on any atom is 0.0882 e. The minimum absolute atomic E-state index is 0.579. The SMILES string of the molecule is CSC(=S)CN=C(C)c1ncccc1CN1CCOCC1. The van der Waals surface area contributed by atoms with Gasteiger partial charge in [0.1, 0.15) is 0 Å². The number of aliphatic imine (C=N–C) groups is 1. The molecule has 0 amide bonds. The Kier molecular flexibility index (Phi) is 6.76. The molecule has 0 aromatic carbocycles. The average molecular weight is 323 g/mol. The first-order valence-corrected chi connectivity index (χ1v) is 8.66. The fourth-order valence-electron chi connectivity index (χ4n) is 2.21. The van der Waals surface area contributed by atoms with E-state index in [-0.39, 0.29) is 0 Å². The topological polar surface area (TPSA) is 37.7 Å². The van der Waals surface area contributed by atoms with Crippen molar-refractivity contribution in [3.05, 3.63) is 29.6 Å². The van der Waals surface area contributed by atoms with Crippen LogP contribution in [-0.4, -0.2) is 58.9 Å². The van der Waals surface area contributed by atoms with Crippen molar-refractivity contribution in [3.63, 3.8) is 0 Å². The lowest BCUT2D eigenvalue weighted by molar-refractivity contribution is 0.0341. The van der Waals surface area contributed by atoms with Gasteiger partial charge >= 0.3 is 0 Å². The molecule has 0 atom stereocenters. The third kappa shape index (κ3) is 5.14. The third-order valence-electron chi connectivity index (χ3n) is 3.40. The molecule has 0 unspecified atom stereocenters. The summed E-state index contributed by atoms with van der Waals surface area (Å²) >= 11 is 6.78. The second-order valence-corrected chi connectivity index (χ2v) is 6.53. The van der Waals surface area contributed by atoms with Crippen LogP contribution in [0, 0.1) is 0 Å². The molecule has 1 fully saturated rings. The summed E-state index contributed by atoms with van der Waals surface area (Å²) < 4.78 is 6.30. The number of rotatable bonds is 5. The average Bonchev–Trinajstić information content (AvgIpc) is 2.53. The summed E-state index contributed by atoms with van der Waals surface area (Å²) in [5.41, 5.74) is 3.15. The van der Waals surface area contributed by atoms with Gasteiger partial charge in [0.05, 0.1) is 35.4 Å². The summed E-state index contributed by atoms with van der Waals surface area (Å²) in [6, 6.07) is 4.11. The summed E-state index contributed by atoms with van der Waals surface area (Å²) in [6.07, 6.45) is 3.81. The van der Waals surface area contributed by atoms with E-state index < -0.39 is 0 Å². The number of hydrogen-bond acceptors (Lipinski definition) is 6. The Morgan fingerprint density at radius 2 is 2.24 bits per heavy atom. The lowest BCUT2D eigenvalue weighted by Crippen LogP contribution is -2.36. The summed E-state index contributed by atoms with van der Waals surface area (Å²) in [4.78, 5) is 11.5. The fourth-order valence-corrected chi connectivity index (χ4v) is 2.47. The van der Waals surface area contributed by atoms with E-state index in [1.165, 1.54) is 5.56 Å². The lowest BCUT2D eigenvalue weighted by Gasteiger charge is -2.27. The molecule has 0 spiro atoms. The van der Waals surface area contributed by atoms with Crippen LogP contribution in [0.4, 0.5) is 0 Å². The molecule has 1 aliphatic heterocycles. The minimum Gasteiger partial charge on any atom is -0.379 e. The monoisotopic (exact) mass is 323 g/mol. The summed E-state index contributed by atoms with van der Waals surface area (Å²) in [7, 11) is 0. The van der Waals surface area contributed by atoms with Crippen molar-refractivity contribution in [3.8, 4) is 0 Å². The van der Waals surface area contributed by atoms with Crippen molar-refractivity contribution < 1.29 is 4.74 Å². The van der Waals surface area contributed by atoms with Crippen LogP contribution in [0.2, 0.25) is 0 Å². The van der Waals surface area contributed by atoms with Gasteiger partial charge in [-0.15, -0.1) is 11.8 Å². The van der Waals surface area contributed by atoms with Gasteiger partial charge in [-0.25, -0.2) is 0 Å². The minimum atomic E-state index is 0.579. The van der Waals surface area contributed by atoms with Gasteiger partial charge < -0.3 is 4.74 Å². The van der Waals surface area contributed by atoms with Gasteiger partial charge in [0.2, 0.25) is 0 Å². The summed E-state index contributed by atoms with van der Waals surface area (Å²) in [5, 5.41) is 0. The van der Waals surface area contributed by atoms with Crippen molar-refractivity contribution in [2.75, 3.05) is 39.1 Å². The van der Waals surface area contributed by atoms with Crippen molar-refractivity contribution in [2.24, 2.45) is 4.99 Å². The molecule has 6 heteroatoms. The van der Waals surface area contributed by atoms with E-state index in [0.717, 1.165) is 48.5 Å². The molecule has 0 aliphatic carbocycles. The first-order valence-electron chi connectivity index (χ1n) is 7.03. The molecule has 0 bridgehead atoms. The molecule has 21 heavy (non-hydrogen) atoms. The Bertz CT molecular complexity index is 513. The van der Waals surface area contributed by atoms with Crippen LogP contribution in [0.25, 0.3) is 0 Å². The van der Waals surface area contributed by atoms with Crippen LogP contribution >= 0.6 is 24.0 Å². The molecule has 1 aliphatic rings. The highest BCUT2D eigenvalue weighted by molar-refractivity contribution is 8.22. The van der Waals surface area contributed by atoms with Crippen LogP contribution in [0.5, 0.6) is 0 Å². The van der Waals surface area contributed by atoms with Crippen LogP contribution in [0.1, 0.15) is 18.2 Å². The fraction of sp³-hybridized carbons (Fsp3) is 0.533. The molecule has 114 valence electrons. The molecular formula is C15H21N3OS2. The van der Waals surface area contributed by atoms with Crippen LogP contribution in [-0.2, 0) is 11.3 Å². The number of thiocarbonyl (C=S) groups is 1. The molecule has 1 saturated heterocycles. The number of aromatic nitrogens is 1. The van der Waals surface area contributed by atoms with Gasteiger partial charge in [-0.05, 0) is 24.8 Å². The number of thioether (sulfide) groups is 1. The van der Waals surface area contributed by atoms with Crippen molar-refractivity contribution in [1.82, 2.24) is 9.88 Å². The largest absolute Gasteiger partial charge is 0.379 e. The van der Waals surface area contributed by atoms with Gasteiger partial charge in [0.25, 0.3) is 0 Å². The molecular weight excluding hydrogens is 302 g/mol. The number of hydrogen-bond donors (Lipinski definition) is 0. The smallest absolute Gasteiger partial charge is 0.0882 e. The second-order valence-electron chi connectivity index (χ2n) is 4.88. The normalized spacial score (nSPS) is 17.0. The van der Waals surface area contributed by atoms with Gasteiger partial charge in [-0.1, -0.05) is 18.3 Å². The molecule has 1 aromatic rings. The van der Waals surface area contributed by atoms with Crippen molar-refractivity contribution in [2.45, 2.75) is 13.5 Å². The van der Waals surface area contributed by atoms with E-state index in [4.69, 9.17) is 17.0 Å². The zero-order valence-electron chi connectivity index (χ0n) is 12.5. The second kappa shape index (κ2) is 8.58. The van der Waals surface area contributed by atoms with Crippen LogP contribution in [0.15, 0.2) is 23.3 Å². The highest BCUT2D eigenvalue weighted by atomic mass is 32.2. The van der Waals surface area contributed by atoms with E-state index >= 15 is 0 Å². The number of nitrogens with zero attached hydrogens (tertiary/aromatic N) is 3. The Morgan fingerprint density at radius 1 is 1.48 bits per heavy atom. The van der Waals surface area contributed by atoms with E-state index in [9.17, 15) is 0 Å². The molecule has 4 nitrogen and oxygen atoms in total. The molecule has 0 N–H and O–H groups in total. The number of ether oxygens (including phenoxy) is 1. The molecule has 0 radical (unpaired) electrons. The first-order chi connectivity index (χ1) is 10.2. The van der Waals surface area contributed by atoms with Crippen molar-refractivity contribution in [1.29, 1.82) is 0 Å². The van der Waals surface area contributed by atoms with E-state index in [2.05, 4.69) is 20.9 Å². The predicted molar refractivity (Wildman–Crippen MR) is 93.5 cm³/mol. The molecule has 2 rings (SSSR count). The predicted octanol–water partition coefficient (Wildman–Crippen LogP) is 2.41. The molecule has 1 aromatic heterocycles. The number of morpholine rings is 1. The maximum atomic E-state index is 5.39. The van der Waals surface area contributed by atoms with Gasteiger partial charge in [-0.3, -0.25) is 14.9 Å². The zero-order valence-corrected chi connectivity index (χ0v) is 14.2. The van der Waals surface area contributed by atoms with Gasteiger partial charge in [-0.2, -0.15) is 0 Å². The molecule has 2 heterocycles. The highest BCUT2D eigenvalue weighted by Gasteiger charge is 2.14. The summed E-state index contributed by atoms with van der Waals surface area (Å²) in [5.74, 6) is 0. The standard InChI is InChI=1S/C15H21N3OS2/c1-12(17-10-14(20)21-2)15-13(4-3-5-16-15)11-18-6-8-19-9-7-18/h3-5H,6-11H2,1-2H3. The van der Waals surface area contributed by atoms with Crippen molar-refractivity contribution >= 4 is 33.9 Å². The van der Waals surface area contributed by atoms with Crippen LogP contribution in [0.3, 0.4) is 0 Å². The van der Waals surface area contributed by atoms with E-state index in [1.807, 2.05) is 25.4 Å². The Hall–Kier alpha value is -0.820. The Morgan fingerprint density at radius 3 is 2.95 bits per heavy atom. The first kappa shape index (κ1) is 16.5. The lowest BCUT2D eigenvalue weighted by atomic mass is 10.1. The Balaban J connectivity index is 2.10.